The molecule has 36 heavy (non-hydrogen) atoms. The summed E-state index contributed by atoms with van der Waals surface area (Å²) in [5.74, 6) is -0.752. The third kappa shape index (κ3) is 5.94. The van der Waals surface area contributed by atoms with E-state index in [-0.39, 0.29) is 29.8 Å². The van der Waals surface area contributed by atoms with Gasteiger partial charge in [-0.3, -0.25) is 9.69 Å². The number of aromatic nitrogens is 1. The molecule has 0 N–H and O–H groups in total. The van der Waals surface area contributed by atoms with Crippen LogP contribution >= 0.6 is 11.3 Å². The lowest BCUT2D eigenvalue weighted by molar-refractivity contribution is -0.123. The van der Waals surface area contributed by atoms with Crippen LogP contribution < -0.4 is 4.90 Å². The minimum Gasteiger partial charge on any atom is -0.309 e. The summed E-state index contributed by atoms with van der Waals surface area (Å²) in [5.41, 5.74) is 2.12. The lowest BCUT2D eigenvalue weighted by Crippen LogP contribution is -2.45. The first-order chi connectivity index (χ1) is 17.2. The van der Waals surface area contributed by atoms with Crippen LogP contribution in [0.1, 0.15) is 31.7 Å². The molecule has 10 heteroatoms. The van der Waals surface area contributed by atoms with Crippen molar-refractivity contribution in [1.82, 2.24) is 14.2 Å². The molecule has 1 aromatic heterocycles. The van der Waals surface area contributed by atoms with Crippen molar-refractivity contribution >= 4 is 42.6 Å². The van der Waals surface area contributed by atoms with Gasteiger partial charge in [0.2, 0.25) is 15.9 Å². The zero-order valence-electron chi connectivity index (χ0n) is 21.0. The second kappa shape index (κ2) is 11.3. The third-order valence-corrected chi connectivity index (χ3v) is 9.54. The van der Waals surface area contributed by atoms with Crippen LogP contribution in [0.25, 0.3) is 10.2 Å². The Balaban J connectivity index is 1.50. The highest BCUT2D eigenvalue weighted by Gasteiger charge is 2.35. The number of hydrogen-bond acceptors (Lipinski definition) is 6. The van der Waals surface area contributed by atoms with Gasteiger partial charge in [0.05, 0.1) is 15.1 Å². The summed E-state index contributed by atoms with van der Waals surface area (Å²) in [7, 11) is 0.293. The van der Waals surface area contributed by atoms with E-state index in [2.05, 4.69) is 24.0 Å². The number of thiazole rings is 1. The van der Waals surface area contributed by atoms with Gasteiger partial charge in [-0.15, -0.1) is 0 Å². The average Bonchev–Trinajstić information content (AvgIpc) is 3.29. The van der Waals surface area contributed by atoms with E-state index in [1.54, 1.807) is 4.90 Å². The normalized spacial score (nSPS) is 15.6. The van der Waals surface area contributed by atoms with Crippen molar-refractivity contribution in [3.8, 4) is 0 Å². The Morgan fingerprint density at radius 1 is 1.11 bits per heavy atom. The molecule has 1 aliphatic rings. The molecule has 0 spiro atoms. The molecule has 0 aliphatic carbocycles. The molecule has 0 bridgehead atoms. The molecule has 0 unspecified atom stereocenters. The van der Waals surface area contributed by atoms with Gasteiger partial charge in [-0.2, -0.15) is 4.31 Å². The summed E-state index contributed by atoms with van der Waals surface area (Å²) in [5, 5.41) is 0.698. The summed E-state index contributed by atoms with van der Waals surface area (Å²) in [6.45, 7) is 4.03. The summed E-state index contributed by atoms with van der Waals surface area (Å²) in [6.07, 6.45) is 2.63. The first-order valence-corrected chi connectivity index (χ1v) is 14.6. The standard InChI is InChI=1S/C26H33FN4O3S2/c1-4-19-6-11-23-24(18-19)35-26(28-23)31(15-5-14-29(2)3)25(32)20-12-16-30(17-13-20)36(33,34)22-9-7-21(27)8-10-22/h6-11,18,20H,4-5,12-17H2,1-3H3. The molecule has 1 fully saturated rings. The average molecular weight is 533 g/mol. The van der Waals surface area contributed by atoms with Gasteiger partial charge in [-0.05, 0) is 88.3 Å². The number of anilines is 1. The van der Waals surface area contributed by atoms with Crippen LogP contribution in [0.5, 0.6) is 0 Å². The molecular weight excluding hydrogens is 499 g/mol. The largest absolute Gasteiger partial charge is 0.309 e. The second-order valence-electron chi connectivity index (χ2n) is 9.43. The Labute approximate surface area is 216 Å². The smallest absolute Gasteiger partial charge is 0.243 e. The Morgan fingerprint density at radius 2 is 1.81 bits per heavy atom. The van der Waals surface area contributed by atoms with E-state index in [1.807, 2.05) is 20.2 Å². The molecular formula is C26H33FN4O3S2. The summed E-state index contributed by atoms with van der Waals surface area (Å²) in [4.78, 5) is 22.4. The molecule has 1 saturated heterocycles. The number of carbonyl (C=O) groups is 1. The predicted octanol–water partition coefficient (Wildman–Crippen LogP) is 4.38. The molecule has 1 amide bonds. The molecule has 0 atom stereocenters. The zero-order chi connectivity index (χ0) is 25.9. The number of fused-ring (bicyclic) bond motifs is 1. The van der Waals surface area contributed by atoms with E-state index in [0.29, 0.717) is 24.5 Å². The van der Waals surface area contributed by atoms with E-state index >= 15 is 0 Å². The molecule has 0 radical (unpaired) electrons. The molecule has 194 valence electrons. The fourth-order valence-corrected chi connectivity index (χ4v) is 6.99. The number of halogens is 1. The fraction of sp³-hybridized carbons (Fsp3) is 0.462. The minimum absolute atomic E-state index is 0.00218. The highest BCUT2D eigenvalue weighted by Crippen LogP contribution is 2.33. The van der Waals surface area contributed by atoms with Crippen LogP contribution in [0.4, 0.5) is 9.52 Å². The van der Waals surface area contributed by atoms with Gasteiger partial charge < -0.3 is 4.90 Å². The van der Waals surface area contributed by atoms with E-state index in [9.17, 15) is 17.6 Å². The van der Waals surface area contributed by atoms with E-state index in [0.717, 1.165) is 41.7 Å². The highest BCUT2D eigenvalue weighted by atomic mass is 32.2. The number of amides is 1. The number of rotatable bonds is 9. The predicted molar refractivity (Wildman–Crippen MR) is 142 cm³/mol. The van der Waals surface area contributed by atoms with Crippen LogP contribution in [0.15, 0.2) is 47.4 Å². The van der Waals surface area contributed by atoms with Crippen LogP contribution in [-0.2, 0) is 21.2 Å². The Bertz CT molecular complexity index is 1300. The highest BCUT2D eigenvalue weighted by molar-refractivity contribution is 7.89. The molecule has 1 aliphatic heterocycles. The van der Waals surface area contributed by atoms with Crippen molar-refractivity contribution < 1.29 is 17.6 Å². The first-order valence-electron chi connectivity index (χ1n) is 12.3. The number of carbonyl (C=O) groups excluding carboxylic acids is 1. The van der Waals surface area contributed by atoms with Gasteiger partial charge in [-0.25, -0.2) is 17.8 Å². The number of piperidine rings is 1. The molecule has 2 heterocycles. The maximum absolute atomic E-state index is 13.7. The first kappa shape index (κ1) is 26.7. The fourth-order valence-electron chi connectivity index (χ4n) is 4.46. The summed E-state index contributed by atoms with van der Waals surface area (Å²) in [6, 6.07) is 11.1. The van der Waals surface area contributed by atoms with Crippen molar-refractivity contribution in [3.63, 3.8) is 0 Å². The molecule has 7 nitrogen and oxygen atoms in total. The van der Waals surface area contributed by atoms with Crippen LogP contribution in [0.3, 0.4) is 0 Å². The number of hydrogen-bond donors (Lipinski definition) is 0. The maximum Gasteiger partial charge on any atom is 0.243 e. The van der Waals surface area contributed by atoms with Gasteiger partial charge in [0.1, 0.15) is 5.82 Å². The van der Waals surface area contributed by atoms with Crippen molar-refractivity contribution in [3.05, 3.63) is 53.8 Å². The van der Waals surface area contributed by atoms with Gasteiger partial charge in [0.25, 0.3) is 0 Å². The lowest BCUT2D eigenvalue weighted by Gasteiger charge is -2.33. The molecule has 0 saturated carbocycles. The van der Waals surface area contributed by atoms with Crippen LogP contribution in [0, 0.1) is 11.7 Å². The maximum atomic E-state index is 13.7. The number of nitrogens with zero attached hydrogens (tertiary/aromatic N) is 4. The van der Waals surface area contributed by atoms with Crippen LogP contribution in [0.2, 0.25) is 0 Å². The Hall–Kier alpha value is -2.40. The summed E-state index contributed by atoms with van der Waals surface area (Å²) < 4.78 is 41.7. The van der Waals surface area contributed by atoms with Crippen LogP contribution in [-0.4, -0.2) is 68.8 Å². The number of aryl methyl sites for hydroxylation is 1. The number of benzene rings is 2. The van der Waals surface area contributed by atoms with Gasteiger partial charge >= 0.3 is 0 Å². The molecule has 4 rings (SSSR count). The van der Waals surface area contributed by atoms with E-state index in [4.69, 9.17) is 4.98 Å². The number of sulfonamides is 1. The zero-order valence-corrected chi connectivity index (χ0v) is 22.6. The monoisotopic (exact) mass is 532 g/mol. The topological polar surface area (TPSA) is 73.8 Å². The Morgan fingerprint density at radius 3 is 2.44 bits per heavy atom. The van der Waals surface area contributed by atoms with E-state index < -0.39 is 15.8 Å². The van der Waals surface area contributed by atoms with Crippen molar-refractivity contribution in [2.45, 2.75) is 37.5 Å². The van der Waals surface area contributed by atoms with Crippen molar-refractivity contribution in [1.29, 1.82) is 0 Å². The third-order valence-electron chi connectivity index (χ3n) is 6.59. The van der Waals surface area contributed by atoms with Gasteiger partial charge in [-0.1, -0.05) is 24.3 Å². The van der Waals surface area contributed by atoms with Gasteiger partial charge in [0, 0.05) is 25.6 Å². The molecule has 2 aromatic carbocycles. The quantitative estimate of drug-likeness (QED) is 0.409. The lowest BCUT2D eigenvalue weighted by atomic mass is 9.96. The van der Waals surface area contributed by atoms with Gasteiger partial charge in [0.15, 0.2) is 5.13 Å². The molecule has 3 aromatic rings. The van der Waals surface area contributed by atoms with Crippen molar-refractivity contribution in [2.75, 3.05) is 45.2 Å². The summed E-state index contributed by atoms with van der Waals surface area (Å²) >= 11 is 1.53. The Kier molecular flexibility index (Phi) is 8.39. The van der Waals surface area contributed by atoms with E-state index in [1.165, 1.54) is 33.3 Å². The van der Waals surface area contributed by atoms with Crippen molar-refractivity contribution in [2.24, 2.45) is 5.92 Å². The second-order valence-corrected chi connectivity index (χ2v) is 12.4. The minimum atomic E-state index is -3.72. The SMILES string of the molecule is CCc1ccc2nc(N(CCCN(C)C)C(=O)C3CCN(S(=O)(=O)c4ccc(F)cc4)CC3)sc2c1.